The number of hydrogen-bond donors (Lipinski definition) is 2. The third kappa shape index (κ3) is 8.75. The van der Waals surface area contributed by atoms with Gasteiger partial charge in [0.15, 0.2) is 0 Å². The number of amides is 1. The van der Waals surface area contributed by atoms with Crippen molar-refractivity contribution in [2.45, 2.75) is 39.2 Å². The van der Waals surface area contributed by atoms with Crippen molar-refractivity contribution < 1.29 is 14.3 Å². The highest BCUT2D eigenvalue weighted by molar-refractivity contribution is 5.90. The monoisotopic (exact) mass is 393 g/mol. The van der Waals surface area contributed by atoms with Gasteiger partial charge in [-0.25, -0.2) is 4.98 Å². The summed E-state index contributed by atoms with van der Waals surface area (Å²) >= 11 is 0. The van der Waals surface area contributed by atoms with E-state index in [4.69, 9.17) is 15.2 Å². The Balaban J connectivity index is 0.00000364. The predicted molar refractivity (Wildman–Crippen MR) is 110 cm³/mol. The van der Waals surface area contributed by atoms with Crippen LogP contribution in [0.3, 0.4) is 0 Å². The van der Waals surface area contributed by atoms with Crippen molar-refractivity contribution in [3.63, 3.8) is 0 Å². The first-order valence-electron chi connectivity index (χ1n) is 8.73. The minimum atomic E-state index is -0.303. The van der Waals surface area contributed by atoms with Gasteiger partial charge in [0.1, 0.15) is 18.0 Å². The van der Waals surface area contributed by atoms with Crippen LogP contribution in [0.15, 0.2) is 42.5 Å². The molecule has 7 heteroatoms. The first kappa shape index (κ1) is 22.7. The molecule has 0 spiro atoms. The molecule has 0 saturated heterocycles. The largest absolute Gasteiger partial charge is 0.492 e. The summed E-state index contributed by atoms with van der Waals surface area (Å²) in [5.41, 5.74) is 6.65. The topological polar surface area (TPSA) is 86.5 Å². The third-order valence-corrected chi connectivity index (χ3v) is 3.32. The van der Waals surface area contributed by atoms with Gasteiger partial charge in [-0.2, -0.15) is 0 Å². The molecule has 1 amide bonds. The van der Waals surface area contributed by atoms with E-state index in [0.717, 1.165) is 17.1 Å². The highest BCUT2D eigenvalue weighted by Crippen LogP contribution is 2.17. The Morgan fingerprint density at radius 3 is 2.48 bits per heavy atom. The highest BCUT2D eigenvalue weighted by atomic mass is 35.5. The van der Waals surface area contributed by atoms with E-state index in [1.165, 1.54) is 0 Å². The van der Waals surface area contributed by atoms with Crippen molar-refractivity contribution in [1.82, 2.24) is 4.98 Å². The molecule has 1 aromatic carbocycles. The SMILES string of the molecule is CC(C)(C)Oc1cccc(CCC(=O)Nc2ccc(OCCN)cc2)n1.Cl. The van der Waals surface area contributed by atoms with Crippen LogP contribution in [0.25, 0.3) is 0 Å². The van der Waals surface area contributed by atoms with Crippen molar-refractivity contribution in [2.24, 2.45) is 5.73 Å². The van der Waals surface area contributed by atoms with E-state index in [0.29, 0.717) is 31.9 Å². The van der Waals surface area contributed by atoms with E-state index >= 15 is 0 Å². The molecule has 0 fully saturated rings. The number of hydrogen-bond acceptors (Lipinski definition) is 5. The van der Waals surface area contributed by atoms with Gasteiger partial charge in [-0.3, -0.25) is 4.79 Å². The van der Waals surface area contributed by atoms with Crippen LogP contribution in [0.1, 0.15) is 32.9 Å². The fourth-order valence-electron chi connectivity index (χ4n) is 2.24. The van der Waals surface area contributed by atoms with E-state index in [2.05, 4.69) is 10.3 Å². The van der Waals surface area contributed by atoms with Gasteiger partial charge >= 0.3 is 0 Å². The average molecular weight is 394 g/mol. The fraction of sp³-hybridized carbons (Fsp3) is 0.400. The minimum Gasteiger partial charge on any atom is -0.492 e. The molecule has 0 unspecified atom stereocenters. The Kier molecular flexibility index (Phi) is 9.05. The van der Waals surface area contributed by atoms with Crippen molar-refractivity contribution in [1.29, 1.82) is 0 Å². The first-order chi connectivity index (χ1) is 12.4. The standard InChI is InChI=1S/C20H27N3O3.ClH/c1-20(2,3)26-19-6-4-5-15(23-19)9-12-18(24)22-16-7-10-17(11-8-16)25-14-13-21;/h4-8,10-11H,9,12-14,21H2,1-3H3,(H,22,24);1H. The number of ether oxygens (including phenoxy) is 2. The number of carbonyl (C=O) groups is 1. The zero-order valence-corrected chi connectivity index (χ0v) is 16.8. The summed E-state index contributed by atoms with van der Waals surface area (Å²) in [7, 11) is 0. The maximum absolute atomic E-state index is 12.1. The van der Waals surface area contributed by atoms with Gasteiger partial charge in [-0.1, -0.05) is 6.07 Å². The molecular formula is C20H28ClN3O3. The number of aromatic nitrogens is 1. The number of benzene rings is 1. The lowest BCUT2D eigenvalue weighted by Crippen LogP contribution is -2.23. The van der Waals surface area contributed by atoms with Crippen LogP contribution in [0.2, 0.25) is 0 Å². The van der Waals surface area contributed by atoms with Crippen LogP contribution < -0.4 is 20.5 Å². The number of nitrogens with one attached hydrogen (secondary N) is 1. The van der Waals surface area contributed by atoms with Gasteiger partial charge in [0.05, 0.1) is 0 Å². The maximum Gasteiger partial charge on any atom is 0.224 e. The number of nitrogens with two attached hydrogens (primary N) is 1. The van der Waals surface area contributed by atoms with Crippen LogP contribution in [-0.2, 0) is 11.2 Å². The lowest BCUT2D eigenvalue weighted by molar-refractivity contribution is -0.116. The Bertz CT molecular complexity index is 715. The van der Waals surface area contributed by atoms with Crippen molar-refractivity contribution in [2.75, 3.05) is 18.5 Å². The molecule has 3 N–H and O–H groups in total. The summed E-state index contributed by atoms with van der Waals surface area (Å²) in [5, 5.41) is 2.87. The van der Waals surface area contributed by atoms with E-state index in [-0.39, 0.29) is 23.9 Å². The molecule has 0 bridgehead atoms. The number of anilines is 1. The molecule has 0 radical (unpaired) electrons. The molecule has 148 valence electrons. The van der Waals surface area contributed by atoms with Crippen molar-refractivity contribution in [3.05, 3.63) is 48.2 Å². The molecule has 0 aliphatic carbocycles. The first-order valence-corrected chi connectivity index (χ1v) is 8.73. The molecule has 0 aliphatic rings. The van der Waals surface area contributed by atoms with Gasteiger partial charge in [-0.15, -0.1) is 12.4 Å². The van der Waals surface area contributed by atoms with E-state index in [1.54, 1.807) is 24.3 Å². The normalized spacial score (nSPS) is 10.7. The number of carbonyl (C=O) groups excluding carboxylic acids is 1. The summed E-state index contributed by atoms with van der Waals surface area (Å²) in [4.78, 5) is 16.6. The molecule has 0 atom stereocenters. The second-order valence-corrected chi connectivity index (χ2v) is 6.89. The maximum atomic E-state index is 12.1. The molecule has 2 rings (SSSR count). The van der Waals surface area contributed by atoms with E-state index in [9.17, 15) is 4.79 Å². The van der Waals surface area contributed by atoms with Gasteiger partial charge < -0.3 is 20.5 Å². The molecular weight excluding hydrogens is 366 g/mol. The second-order valence-electron chi connectivity index (χ2n) is 6.89. The number of aryl methyl sites for hydroxylation is 1. The Morgan fingerprint density at radius 1 is 1.15 bits per heavy atom. The summed E-state index contributed by atoms with van der Waals surface area (Å²) in [6.45, 7) is 6.86. The highest BCUT2D eigenvalue weighted by Gasteiger charge is 2.13. The Morgan fingerprint density at radius 2 is 1.85 bits per heavy atom. The summed E-state index contributed by atoms with van der Waals surface area (Å²) < 4.78 is 11.2. The van der Waals surface area contributed by atoms with Crippen LogP contribution in [0.5, 0.6) is 11.6 Å². The van der Waals surface area contributed by atoms with Crippen LogP contribution >= 0.6 is 12.4 Å². The average Bonchev–Trinajstić information content (AvgIpc) is 2.58. The minimum absolute atomic E-state index is 0. The van der Waals surface area contributed by atoms with Crippen LogP contribution in [0.4, 0.5) is 5.69 Å². The fourth-order valence-corrected chi connectivity index (χ4v) is 2.24. The summed E-state index contributed by atoms with van der Waals surface area (Å²) in [5.74, 6) is 1.24. The summed E-state index contributed by atoms with van der Waals surface area (Å²) in [6, 6.07) is 12.8. The molecule has 0 aliphatic heterocycles. The second kappa shape index (κ2) is 10.7. The van der Waals surface area contributed by atoms with Crippen molar-refractivity contribution >= 4 is 24.0 Å². The predicted octanol–water partition coefficient (Wildman–Crippen LogP) is 3.59. The molecule has 1 heterocycles. The number of halogens is 1. The molecule has 27 heavy (non-hydrogen) atoms. The molecule has 0 saturated carbocycles. The number of pyridine rings is 1. The zero-order valence-electron chi connectivity index (χ0n) is 16.0. The summed E-state index contributed by atoms with van der Waals surface area (Å²) in [6.07, 6.45) is 0.891. The third-order valence-electron chi connectivity index (χ3n) is 3.32. The zero-order chi connectivity index (χ0) is 19.0. The number of nitrogens with zero attached hydrogens (tertiary/aromatic N) is 1. The Hall–Kier alpha value is -2.31. The van der Waals surface area contributed by atoms with Crippen LogP contribution in [-0.4, -0.2) is 29.6 Å². The van der Waals surface area contributed by atoms with E-state index < -0.39 is 0 Å². The van der Waals surface area contributed by atoms with Gasteiger partial charge in [0.25, 0.3) is 0 Å². The quantitative estimate of drug-likeness (QED) is 0.715. The Labute approximate surface area is 166 Å². The lowest BCUT2D eigenvalue weighted by atomic mass is 10.2. The lowest BCUT2D eigenvalue weighted by Gasteiger charge is -2.20. The van der Waals surface area contributed by atoms with Gasteiger partial charge in [0.2, 0.25) is 11.8 Å². The molecule has 1 aromatic heterocycles. The van der Waals surface area contributed by atoms with Crippen LogP contribution in [0, 0.1) is 0 Å². The molecule has 6 nitrogen and oxygen atoms in total. The van der Waals surface area contributed by atoms with Gasteiger partial charge in [-0.05, 0) is 57.5 Å². The van der Waals surface area contributed by atoms with Gasteiger partial charge in [0, 0.05) is 30.4 Å². The smallest absolute Gasteiger partial charge is 0.224 e. The number of rotatable bonds is 8. The van der Waals surface area contributed by atoms with E-state index in [1.807, 2.05) is 39.0 Å². The van der Waals surface area contributed by atoms with Crippen molar-refractivity contribution in [3.8, 4) is 11.6 Å². The molecule has 2 aromatic rings.